The quantitative estimate of drug-likeness (QED) is 0.838. The minimum absolute atomic E-state index is 0.00130. The van der Waals surface area contributed by atoms with Gasteiger partial charge in [0, 0.05) is 30.1 Å². The van der Waals surface area contributed by atoms with Crippen LogP contribution in [0.4, 0.5) is 13.2 Å². The van der Waals surface area contributed by atoms with Crippen LogP contribution >= 0.6 is 11.8 Å². The van der Waals surface area contributed by atoms with Gasteiger partial charge in [0.05, 0.1) is 0 Å². The van der Waals surface area contributed by atoms with Crippen LogP contribution in [0.15, 0.2) is 16.9 Å². The Labute approximate surface area is 113 Å². The summed E-state index contributed by atoms with van der Waals surface area (Å²) in [5.74, 6) is -0.00130. The number of thioether (sulfide) groups is 1. The van der Waals surface area contributed by atoms with Crippen molar-refractivity contribution >= 4 is 11.8 Å². The zero-order chi connectivity index (χ0) is 13.9. The van der Waals surface area contributed by atoms with Crippen LogP contribution in [0.25, 0.3) is 0 Å². The molecule has 7 heteroatoms. The lowest BCUT2D eigenvalue weighted by Gasteiger charge is -2.26. The van der Waals surface area contributed by atoms with Crippen molar-refractivity contribution in [3.05, 3.63) is 33.7 Å². The molecule has 19 heavy (non-hydrogen) atoms. The van der Waals surface area contributed by atoms with Gasteiger partial charge in [-0.3, -0.25) is 4.79 Å². The van der Waals surface area contributed by atoms with E-state index in [0.717, 1.165) is 30.5 Å². The van der Waals surface area contributed by atoms with E-state index >= 15 is 0 Å². The van der Waals surface area contributed by atoms with Crippen LogP contribution in [0.2, 0.25) is 0 Å². The van der Waals surface area contributed by atoms with E-state index in [9.17, 15) is 18.0 Å². The van der Waals surface area contributed by atoms with E-state index in [1.807, 2.05) is 0 Å². The summed E-state index contributed by atoms with van der Waals surface area (Å²) in [4.78, 5) is 14.0. The van der Waals surface area contributed by atoms with Crippen molar-refractivity contribution in [2.45, 2.75) is 30.8 Å². The molecule has 0 spiro atoms. The van der Waals surface area contributed by atoms with Gasteiger partial charge in [-0.15, -0.1) is 0 Å². The molecule has 3 nitrogen and oxygen atoms in total. The highest BCUT2D eigenvalue weighted by atomic mass is 32.2. The molecule has 0 bridgehead atoms. The number of hydrogen-bond donors (Lipinski definition) is 2. The number of nitrogens with one attached hydrogen (secondary N) is 2. The average Bonchev–Trinajstić information content (AvgIpc) is 2.33. The summed E-state index contributed by atoms with van der Waals surface area (Å²) in [6.45, 7) is 0.299. The lowest BCUT2D eigenvalue weighted by atomic mass is 9.91. The third kappa shape index (κ3) is 4.28. The fourth-order valence-electron chi connectivity index (χ4n) is 2.31. The molecule has 2 rings (SSSR count). The molecule has 0 amide bonds. The zero-order valence-electron chi connectivity index (χ0n) is 10.2. The summed E-state index contributed by atoms with van der Waals surface area (Å²) in [5, 5.41) is 3.13. The first kappa shape index (κ1) is 14.5. The summed E-state index contributed by atoms with van der Waals surface area (Å²) >= 11 is -0.0144. The van der Waals surface area contributed by atoms with E-state index in [4.69, 9.17) is 0 Å². The first-order valence-corrected chi connectivity index (χ1v) is 7.10. The molecule has 1 aliphatic carbocycles. The zero-order valence-corrected chi connectivity index (χ0v) is 11.0. The van der Waals surface area contributed by atoms with Crippen molar-refractivity contribution in [1.29, 1.82) is 0 Å². The second-order valence-corrected chi connectivity index (χ2v) is 5.61. The van der Waals surface area contributed by atoms with E-state index in [1.165, 1.54) is 6.07 Å². The second-order valence-electron chi connectivity index (χ2n) is 4.45. The first-order valence-electron chi connectivity index (χ1n) is 6.12. The van der Waals surface area contributed by atoms with E-state index < -0.39 is 5.51 Å². The maximum Gasteiger partial charge on any atom is 0.441 e. The molecule has 1 aliphatic rings. The number of alkyl halides is 3. The Kier molecular flexibility index (Phi) is 4.57. The molecule has 1 atom stereocenters. The Morgan fingerprint density at radius 1 is 1.42 bits per heavy atom. The highest BCUT2D eigenvalue weighted by molar-refractivity contribution is 8.00. The highest BCUT2D eigenvalue weighted by Crippen LogP contribution is 2.30. The number of fused-ring (bicyclic) bond motifs is 1. The third-order valence-corrected chi connectivity index (χ3v) is 3.83. The van der Waals surface area contributed by atoms with Crippen LogP contribution in [-0.2, 0) is 6.42 Å². The maximum atomic E-state index is 12.0. The molecule has 1 aromatic rings. The monoisotopic (exact) mass is 292 g/mol. The Morgan fingerprint density at radius 2 is 2.21 bits per heavy atom. The number of aromatic amines is 1. The van der Waals surface area contributed by atoms with Gasteiger partial charge in [-0.2, -0.15) is 13.2 Å². The SMILES string of the molecule is O=c1ccc2c([nH]1)CCCC2NCCSC(F)(F)F. The predicted octanol–water partition coefficient (Wildman–Crippen LogP) is 2.59. The fraction of sp³-hybridized carbons (Fsp3) is 0.583. The van der Waals surface area contributed by atoms with Crippen molar-refractivity contribution in [3.63, 3.8) is 0 Å². The lowest BCUT2D eigenvalue weighted by Crippen LogP contribution is -2.29. The normalized spacial score (nSPS) is 19.2. The van der Waals surface area contributed by atoms with Crippen molar-refractivity contribution in [1.82, 2.24) is 10.3 Å². The van der Waals surface area contributed by atoms with Crippen LogP contribution in [0.3, 0.4) is 0 Å². The standard InChI is InChI=1S/C12H15F3N2OS/c13-12(14,15)19-7-6-16-9-2-1-3-10-8(9)4-5-11(18)17-10/h4-5,9,16H,1-3,6-7H2,(H,17,18). The molecule has 2 N–H and O–H groups in total. The molecule has 1 unspecified atom stereocenters. The molecule has 0 aromatic carbocycles. The van der Waals surface area contributed by atoms with Crippen LogP contribution < -0.4 is 10.9 Å². The number of H-pyrrole nitrogens is 1. The Balaban J connectivity index is 1.91. The lowest BCUT2D eigenvalue weighted by molar-refractivity contribution is -0.0327. The average molecular weight is 292 g/mol. The van der Waals surface area contributed by atoms with Gasteiger partial charge < -0.3 is 10.3 Å². The number of hydrogen-bond acceptors (Lipinski definition) is 3. The summed E-state index contributed by atoms with van der Waals surface area (Å²) in [6, 6.07) is 3.26. The van der Waals surface area contributed by atoms with E-state index in [2.05, 4.69) is 10.3 Å². The fourth-order valence-corrected chi connectivity index (χ4v) is 2.76. The summed E-state index contributed by atoms with van der Waals surface area (Å²) in [7, 11) is 0. The third-order valence-electron chi connectivity index (χ3n) is 3.09. The first-order chi connectivity index (χ1) is 8.96. The van der Waals surface area contributed by atoms with Gasteiger partial charge in [0.25, 0.3) is 0 Å². The molecular formula is C12H15F3N2OS. The number of rotatable bonds is 4. The molecule has 0 saturated heterocycles. The minimum Gasteiger partial charge on any atom is -0.326 e. The predicted molar refractivity (Wildman–Crippen MR) is 69.3 cm³/mol. The van der Waals surface area contributed by atoms with E-state index in [0.29, 0.717) is 6.54 Å². The molecule has 0 saturated carbocycles. The molecule has 1 heterocycles. The van der Waals surface area contributed by atoms with Gasteiger partial charge in [0.1, 0.15) is 0 Å². The van der Waals surface area contributed by atoms with Gasteiger partial charge in [0.15, 0.2) is 0 Å². The Hall–Kier alpha value is -0.950. The summed E-state index contributed by atoms with van der Waals surface area (Å²) in [6.07, 6.45) is 2.63. The van der Waals surface area contributed by atoms with Crippen molar-refractivity contribution in [3.8, 4) is 0 Å². The summed E-state index contributed by atoms with van der Waals surface area (Å²) < 4.78 is 36.0. The Bertz CT molecular complexity index is 487. The van der Waals surface area contributed by atoms with Gasteiger partial charge in [-0.05, 0) is 36.6 Å². The smallest absolute Gasteiger partial charge is 0.326 e. The van der Waals surface area contributed by atoms with Crippen LogP contribution in [-0.4, -0.2) is 22.8 Å². The second kappa shape index (κ2) is 6.00. The number of pyridine rings is 1. The van der Waals surface area contributed by atoms with E-state index in [-0.39, 0.29) is 29.1 Å². The van der Waals surface area contributed by atoms with E-state index in [1.54, 1.807) is 6.07 Å². The topological polar surface area (TPSA) is 44.9 Å². The number of aromatic nitrogens is 1. The van der Waals surface area contributed by atoms with Gasteiger partial charge >= 0.3 is 5.51 Å². The van der Waals surface area contributed by atoms with Crippen LogP contribution in [0.1, 0.15) is 30.1 Å². The number of halogens is 3. The molecule has 0 aliphatic heterocycles. The largest absolute Gasteiger partial charge is 0.441 e. The molecule has 0 fully saturated rings. The van der Waals surface area contributed by atoms with Gasteiger partial charge in [-0.25, -0.2) is 0 Å². The Morgan fingerprint density at radius 3 is 2.95 bits per heavy atom. The number of aryl methyl sites for hydroxylation is 1. The van der Waals surface area contributed by atoms with Crippen LogP contribution in [0.5, 0.6) is 0 Å². The van der Waals surface area contributed by atoms with Gasteiger partial charge in [-0.1, -0.05) is 6.07 Å². The maximum absolute atomic E-state index is 12.0. The van der Waals surface area contributed by atoms with Crippen molar-refractivity contribution in [2.24, 2.45) is 0 Å². The highest BCUT2D eigenvalue weighted by Gasteiger charge is 2.27. The molecule has 0 radical (unpaired) electrons. The van der Waals surface area contributed by atoms with Gasteiger partial charge in [0.2, 0.25) is 5.56 Å². The van der Waals surface area contributed by atoms with Crippen LogP contribution in [0, 0.1) is 0 Å². The van der Waals surface area contributed by atoms with Crippen molar-refractivity contribution in [2.75, 3.05) is 12.3 Å². The molecule has 1 aromatic heterocycles. The minimum atomic E-state index is -4.17. The molecule has 106 valence electrons. The molecular weight excluding hydrogens is 277 g/mol. The van der Waals surface area contributed by atoms with Crippen molar-refractivity contribution < 1.29 is 13.2 Å². The summed E-state index contributed by atoms with van der Waals surface area (Å²) in [5.41, 5.74) is -2.40.